The van der Waals surface area contributed by atoms with Gasteiger partial charge in [0.1, 0.15) is 5.75 Å². The van der Waals surface area contributed by atoms with E-state index in [0.717, 1.165) is 0 Å². The lowest BCUT2D eigenvalue weighted by molar-refractivity contribution is -0.114. The normalized spacial score (nSPS) is 11.1. The summed E-state index contributed by atoms with van der Waals surface area (Å²) in [6, 6.07) is 6.13. The average molecular weight is 194 g/mol. The number of para-hydroxylation sites is 1. The molecule has 0 saturated carbocycles. The van der Waals surface area contributed by atoms with Crippen LogP contribution in [0.5, 0.6) is 5.75 Å². The highest BCUT2D eigenvalue weighted by Crippen LogP contribution is 2.16. The fraction of sp³-hybridized carbons (Fsp3) is 0.111. The number of benzene rings is 1. The highest BCUT2D eigenvalue weighted by molar-refractivity contribution is 6.45. The molecule has 1 aromatic rings. The number of rotatable bonds is 2. The molecule has 0 unspecified atom stereocenters. The number of phenolic OH excluding ortho intramolecular Hbond substituents is 1. The molecule has 0 fully saturated rings. The minimum Gasteiger partial charge on any atom is -0.507 e. The molecule has 1 amide bonds. The lowest BCUT2D eigenvalue weighted by atomic mass is 10.1. The van der Waals surface area contributed by atoms with E-state index in [4.69, 9.17) is 5.21 Å². The minimum atomic E-state index is -0.561. The van der Waals surface area contributed by atoms with Crippen molar-refractivity contribution in [3.8, 4) is 5.75 Å². The summed E-state index contributed by atoms with van der Waals surface area (Å²) in [4.78, 5) is 11.2. The number of carbonyl (C=O) groups excluding carboxylic acids is 1. The van der Waals surface area contributed by atoms with E-state index in [-0.39, 0.29) is 17.0 Å². The first-order chi connectivity index (χ1) is 6.70. The van der Waals surface area contributed by atoms with Crippen molar-refractivity contribution in [2.24, 2.45) is 5.16 Å². The third kappa shape index (κ3) is 1.82. The minimum absolute atomic E-state index is 0.107. The Balaban J connectivity index is 3.15. The van der Waals surface area contributed by atoms with Gasteiger partial charge in [0.2, 0.25) is 0 Å². The maximum atomic E-state index is 11.2. The summed E-state index contributed by atoms with van der Waals surface area (Å²) >= 11 is 0. The zero-order valence-electron chi connectivity index (χ0n) is 7.56. The lowest BCUT2D eigenvalue weighted by Gasteiger charge is -2.04. The molecule has 0 aliphatic heterocycles. The van der Waals surface area contributed by atoms with E-state index in [1.165, 1.54) is 19.2 Å². The van der Waals surface area contributed by atoms with E-state index in [1.807, 2.05) is 0 Å². The summed E-state index contributed by atoms with van der Waals surface area (Å²) in [5.41, 5.74) is -0.0278. The van der Waals surface area contributed by atoms with Crippen LogP contribution in [0.3, 0.4) is 0 Å². The molecule has 0 aliphatic carbocycles. The molecule has 1 aromatic carbocycles. The van der Waals surface area contributed by atoms with Crippen LogP contribution in [0.2, 0.25) is 0 Å². The number of hydrogen-bond acceptors (Lipinski definition) is 4. The Kier molecular flexibility index (Phi) is 3.06. The number of oxime groups is 1. The van der Waals surface area contributed by atoms with E-state index in [2.05, 4.69) is 10.5 Å². The van der Waals surface area contributed by atoms with Crippen molar-refractivity contribution in [1.29, 1.82) is 0 Å². The molecule has 0 spiro atoms. The Morgan fingerprint density at radius 1 is 1.43 bits per heavy atom. The van der Waals surface area contributed by atoms with Crippen molar-refractivity contribution in [1.82, 2.24) is 5.32 Å². The van der Waals surface area contributed by atoms with Crippen LogP contribution in [0.1, 0.15) is 5.56 Å². The van der Waals surface area contributed by atoms with E-state index in [9.17, 15) is 9.90 Å². The van der Waals surface area contributed by atoms with Gasteiger partial charge in [-0.25, -0.2) is 0 Å². The fourth-order valence-electron chi connectivity index (χ4n) is 1.01. The van der Waals surface area contributed by atoms with Crippen molar-refractivity contribution in [2.75, 3.05) is 7.05 Å². The maximum Gasteiger partial charge on any atom is 0.273 e. The Hall–Kier alpha value is -2.04. The first kappa shape index (κ1) is 10.0. The molecular formula is C9H10N2O3. The Morgan fingerprint density at radius 3 is 2.57 bits per heavy atom. The first-order valence-corrected chi connectivity index (χ1v) is 3.93. The number of phenols is 1. The molecular weight excluding hydrogens is 184 g/mol. The van der Waals surface area contributed by atoms with E-state index in [0.29, 0.717) is 0 Å². The second-order valence-electron chi connectivity index (χ2n) is 2.54. The van der Waals surface area contributed by atoms with Gasteiger partial charge in [0.15, 0.2) is 5.71 Å². The van der Waals surface area contributed by atoms with Crippen LogP contribution >= 0.6 is 0 Å². The molecule has 0 atom stereocenters. The molecule has 0 saturated heterocycles. The molecule has 14 heavy (non-hydrogen) atoms. The molecule has 0 radical (unpaired) electrons. The first-order valence-electron chi connectivity index (χ1n) is 3.93. The summed E-state index contributed by atoms with van der Waals surface area (Å²) in [6.07, 6.45) is 0. The summed E-state index contributed by atoms with van der Waals surface area (Å²) in [6.45, 7) is 0. The number of amides is 1. The van der Waals surface area contributed by atoms with Gasteiger partial charge in [-0.3, -0.25) is 4.79 Å². The van der Waals surface area contributed by atoms with Crippen LogP contribution in [0, 0.1) is 0 Å². The largest absolute Gasteiger partial charge is 0.507 e. The molecule has 1 rings (SSSR count). The third-order valence-electron chi connectivity index (χ3n) is 1.70. The predicted octanol–water partition coefficient (Wildman–Crippen LogP) is 0.316. The monoisotopic (exact) mass is 194 g/mol. The highest BCUT2D eigenvalue weighted by Gasteiger charge is 2.15. The van der Waals surface area contributed by atoms with Crippen molar-refractivity contribution in [3.05, 3.63) is 29.8 Å². The molecule has 0 aliphatic rings. The van der Waals surface area contributed by atoms with Crippen LogP contribution < -0.4 is 5.32 Å². The Bertz CT molecular complexity index is 374. The van der Waals surface area contributed by atoms with Gasteiger partial charge in [0.05, 0.1) is 5.56 Å². The van der Waals surface area contributed by atoms with Gasteiger partial charge < -0.3 is 15.6 Å². The number of carbonyl (C=O) groups is 1. The molecule has 0 aromatic heterocycles. The number of nitrogens with one attached hydrogen (secondary N) is 1. The SMILES string of the molecule is CNC(=O)/C(=N/O)c1ccccc1O. The van der Waals surface area contributed by atoms with Crippen molar-refractivity contribution in [3.63, 3.8) is 0 Å². The topological polar surface area (TPSA) is 81.9 Å². The highest BCUT2D eigenvalue weighted by atomic mass is 16.4. The second-order valence-corrected chi connectivity index (χ2v) is 2.54. The number of likely N-dealkylation sites (N-methyl/N-ethyl adjacent to an activating group) is 1. The zero-order chi connectivity index (χ0) is 10.6. The fourth-order valence-corrected chi connectivity index (χ4v) is 1.01. The molecule has 5 heteroatoms. The standard InChI is InChI=1S/C9H10N2O3/c1-10-9(13)8(11-14)6-4-2-3-5-7(6)12/h2-5,12,14H,1H3,(H,10,13)/b11-8+. The Morgan fingerprint density at radius 2 is 2.07 bits per heavy atom. The summed E-state index contributed by atoms with van der Waals surface area (Å²) in [5, 5.41) is 23.1. The van der Waals surface area contributed by atoms with Gasteiger partial charge >= 0.3 is 0 Å². The number of nitrogens with zero attached hydrogens (tertiary/aromatic N) is 1. The van der Waals surface area contributed by atoms with Crippen LogP contribution in [0.25, 0.3) is 0 Å². The lowest BCUT2D eigenvalue weighted by Crippen LogP contribution is -2.28. The van der Waals surface area contributed by atoms with Crippen LogP contribution in [0.15, 0.2) is 29.4 Å². The van der Waals surface area contributed by atoms with Gasteiger partial charge in [0, 0.05) is 7.05 Å². The van der Waals surface area contributed by atoms with Gasteiger partial charge in [0.25, 0.3) is 5.91 Å². The van der Waals surface area contributed by atoms with Crippen LogP contribution in [0.4, 0.5) is 0 Å². The van der Waals surface area contributed by atoms with Crippen LogP contribution in [-0.2, 0) is 4.79 Å². The van der Waals surface area contributed by atoms with E-state index in [1.54, 1.807) is 12.1 Å². The van der Waals surface area contributed by atoms with Crippen molar-refractivity contribution in [2.45, 2.75) is 0 Å². The van der Waals surface area contributed by atoms with E-state index >= 15 is 0 Å². The second kappa shape index (κ2) is 4.27. The van der Waals surface area contributed by atoms with Gasteiger partial charge in [-0.2, -0.15) is 0 Å². The quantitative estimate of drug-likeness (QED) is 0.360. The van der Waals surface area contributed by atoms with Gasteiger partial charge in [-0.05, 0) is 12.1 Å². The van der Waals surface area contributed by atoms with Crippen molar-refractivity contribution < 1.29 is 15.1 Å². The smallest absolute Gasteiger partial charge is 0.273 e. The van der Waals surface area contributed by atoms with E-state index < -0.39 is 5.91 Å². The third-order valence-corrected chi connectivity index (χ3v) is 1.70. The molecule has 0 heterocycles. The molecule has 74 valence electrons. The predicted molar refractivity (Wildman–Crippen MR) is 50.5 cm³/mol. The van der Waals surface area contributed by atoms with Gasteiger partial charge in [-0.1, -0.05) is 17.3 Å². The summed E-state index contributed by atoms with van der Waals surface area (Å²) in [7, 11) is 1.41. The Labute approximate surface area is 80.7 Å². The molecule has 3 N–H and O–H groups in total. The summed E-state index contributed by atoms with van der Waals surface area (Å²) < 4.78 is 0. The van der Waals surface area contributed by atoms with Gasteiger partial charge in [-0.15, -0.1) is 0 Å². The number of aromatic hydroxyl groups is 1. The summed E-state index contributed by atoms with van der Waals surface area (Å²) in [5.74, 6) is -0.669. The average Bonchev–Trinajstić information content (AvgIpc) is 2.21. The molecule has 5 nitrogen and oxygen atoms in total. The number of hydrogen-bond donors (Lipinski definition) is 3. The maximum absolute atomic E-state index is 11.2. The zero-order valence-corrected chi connectivity index (χ0v) is 7.56. The molecule has 0 bridgehead atoms. The van der Waals surface area contributed by atoms with Crippen LogP contribution in [-0.4, -0.2) is 29.0 Å². The van der Waals surface area contributed by atoms with Crippen molar-refractivity contribution >= 4 is 11.6 Å².